The van der Waals surface area contributed by atoms with Crippen LogP contribution in [0.2, 0.25) is 0 Å². The van der Waals surface area contributed by atoms with Gasteiger partial charge in [-0.3, -0.25) is 4.79 Å². The summed E-state index contributed by atoms with van der Waals surface area (Å²) in [6, 6.07) is 16.4. The quantitative estimate of drug-likeness (QED) is 0.306. The van der Waals surface area contributed by atoms with Crippen LogP contribution >= 0.6 is 15.9 Å². The van der Waals surface area contributed by atoms with Crippen LogP contribution in [0, 0.1) is 20.8 Å². The average Bonchev–Trinajstić information content (AvgIpc) is 3.06. The average molecular weight is 491 g/mol. The van der Waals surface area contributed by atoms with Gasteiger partial charge in [0.05, 0.1) is 17.1 Å². The van der Waals surface area contributed by atoms with Crippen LogP contribution in [-0.4, -0.2) is 20.4 Å². The molecule has 2 aromatic carbocycles. The minimum Gasteiger partial charge on any atom is -0.318 e. The minimum atomic E-state index is -0.179. The topological polar surface area (TPSA) is 52.2 Å². The summed E-state index contributed by atoms with van der Waals surface area (Å²) in [6.07, 6.45) is 5.27. The molecule has 32 heavy (non-hydrogen) atoms. The third-order valence-corrected chi connectivity index (χ3v) is 6.26. The van der Waals surface area contributed by atoms with E-state index in [0.29, 0.717) is 16.7 Å². The van der Waals surface area contributed by atoms with Crippen molar-refractivity contribution in [2.45, 2.75) is 47.0 Å². The highest BCUT2D eigenvalue weighted by Crippen LogP contribution is 2.21. The lowest BCUT2D eigenvalue weighted by Crippen LogP contribution is -2.20. The normalized spacial score (nSPS) is 11.7. The predicted octanol–water partition coefficient (Wildman–Crippen LogP) is 6.10. The van der Waals surface area contributed by atoms with Gasteiger partial charge in [-0.05, 0) is 75.6 Å². The standard InChI is InChI=1S/C26H27BrN4O/c1-5-6-7-20-8-11-23(12-9-20)30-17(2)14-21(18(30)3)16-28-31-19(4)29-25-13-10-22(27)15-24(25)26(31)32/h8-16H,5-7H2,1-4H3. The monoisotopic (exact) mass is 490 g/mol. The fourth-order valence-corrected chi connectivity index (χ4v) is 4.39. The maximum absolute atomic E-state index is 13.0. The van der Waals surface area contributed by atoms with Gasteiger partial charge in [0.2, 0.25) is 0 Å². The molecule has 0 aliphatic heterocycles. The van der Waals surface area contributed by atoms with Gasteiger partial charge in [-0.1, -0.05) is 41.4 Å². The number of fused-ring (bicyclic) bond motifs is 1. The molecule has 0 aliphatic carbocycles. The van der Waals surface area contributed by atoms with Crippen LogP contribution in [0.15, 0.2) is 62.9 Å². The Balaban J connectivity index is 1.69. The molecule has 0 amide bonds. The van der Waals surface area contributed by atoms with Crippen molar-refractivity contribution in [1.29, 1.82) is 0 Å². The highest BCUT2D eigenvalue weighted by molar-refractivity contribution is 9.10. The van der Waals surface area contributed by atoms with Gasteiger partial charge in [-0.15, -0.1) is 0 Å². The number of nitrogens with zero attached hydrogens (tertiary/aromatic N) is 4. The van der Waals surface area contributed by atoms with E-state index in [4.69, 9.17) is 0 Å². The van der Waals surface area contributed by atoms with Crippen LogP contribution < -0.4 is 5.56 Å². The fraction of sp³-hybridized carbons (Fsp3) is 0.269. The summed E-state index contributed by atoms with van der Waals surface area (Å²) in [5, 5.41) is 5.04. The van der Waals surface area contributed by atoms with E-state index in [-0.39, 0.29) is 5.56 Å². The Labute approximate surface area is 196 Å². The number of aryl methyl sites for hydroxylation is 3. The van der Waals surface area contributed by atoms with Gasteiger partial charge in [0.15, 0.2) is 0 Å². The van der Waals surface area contributed by atoms with Crippen LogP contribution in [0.3, 0.4) is 0 Å². The second-order valence-electron chi connectivity index (χ2n) is 8.11. The predicted molar refractivity (Wildman–Crippen MR) is 135 cm³/mol. The first kappa shape index (κ1) is 22.2. The van der Waals surface area contributed by atoms with E-state index >= 15 is 0 Å². The van der Waals surface area contributed by atoms with Gasteiger partial charge in [0.25, 0.3) is 5.56 Å². The van der Waals surface area contributed by atoms with Gasteiger partial charge in [-0.2, -0.15) is 9.78 Å². The number of hydrogen-bond donors (Lipinski definition) is 0. The molecule has 4 rings (SSSR count). The Morgan fingerprint density at radius 1 is 1.06 bits per heavy atom. The van der Waals surface area contributed by atoms with Crippen molar-refractivity contribution in [2.24, 2.45) is 5.10 Å². The van der Waals surface area contributed by atoms with Crippen LogP contribution in [-0.2, 0) is 6.42 Å². The van der Waals surface area contributed by atoms with Crippen molar-refractivity contribution in [3.63, 3.8) is 0 Å². The molecule has 6 heteroatoms. The summed E-state index contributed by atoms with van der Waals surface area (Å²) in [6.45, 7) is 8.17. The first-order valence-electron chi connectivity index (χ1n) is 10.9. The van der Waals surface area contributed by atoms with Crippen LogP contribution in [0.4, 0.5) is 0 Å². The Kier molecular flexibility index (Phi) is 6.42. The molecule has 5 nitrogen and oxygen atoms in total. The zero-order valence-electron chi connectivity index (χ0n) is 18.9. The highest BCUT2D eigenvalue weighted by Gasteiger charge is 2.11. The fourth-order valence-electron chi connectivity index (χ4n) is 4.02. The zero-order valence-corrected chi connectivity index (χ0v) is 20.5. The molecule has 0 saturated carbocycles. The largest absolute Gasteiger partial charge is 0.318 e. The summed E-state index contributed by atoms with van der Waals surface area (Å²) >= 11 is 3.43. The van der Waals surface area contributed by atoms with Crippen LogP contribution in [0.5, 0.6) is 0 Å². The molecule has 0 spiro atoms. The minimum absolute atomic E-state index is 0.179. The molecule has 0 radical (unpaired) electrons. The number of aromatic nitrogens is 3. The zero-order chi connectivity index (χ0) is 22.8. The van der Waals surface area contributed by atoms with E-state index in [2.05, 4.69) is 81.7 Å². The van der Waals surface area contributed by atoms with E-state index < -0.39 is 0 Å². The molecule has 0 N–H and O–H groups in total. The number of rotatable bonds is 6. The number of hydrogen-bond acceptors (Lipinski definition) is 3. The lowest BCUT2D eigenvalue weighted by Gasteiger charge is -2.10. The van der Waals surface area contributed by atoms with E-state index in [9.17, 15) is 4.79 Å². The third-order valence-electron chi connectivity index (χ3n) is 5.77. The van der Waals surface area contributed by atoms with Crippen LogP contribution in [0.1, 0.15) is 48.1 Å². The lowest BCUT2D eigenvalue weighted by atomic mass is 10.1. The van der Waals surface area contributed by atoms with Gasteiger partial charge in [0.1, 0.15) is 5.82 Å². The maximum atomic E-state index is 13.0. The molecule has 0 aliphatic rings. The van der Waals surface area contributed by atoms with Crippen LogP contribution in [0.25, 0.3) is 16.6 Å². The van der Waals surface area contributed by atoms with Crippen molar-refractivity contribution in [3.05, 3.63) is 91.7 Å². The Morgan fingerprint density at radius 2 is 1.81 bits per heavy atom. The third kappa shape index (κ3) is 4.32. The summed E-state index contributed by atoms with van der Waals surface area (Å²) in [7, 11) is 0. The molecule has 4 aromatic rings. The van der Waals surface area contributed by atoms with Gasteiger partial charge < -0.3 is 4.57 Å². The molecule has 164 valence electrons. The molecule has 0 bridgehead atoms. The first-order chi connectivity index (χ1) is 15.4. The Hall–Kier alpha value is -2.99. The summed E-state index contributed by atoms with van der Waals surface area (Å²) in [5.41, 5.74) is 6.16. The second kappa shape index (κ2) is 9.25. The van der Waals surface area contributed by atoms with E-state index in [0.717, 1.165) is 33.5 Å². The first-order valence-corrected chi connectivity index (χ1v) is 11.7. The molecular weight excluding hydrogens is 464 g/mol. The summed E-state index contributed by atoms with van der Waals surface area (Å²) in [4.78, 5) is 17.5. The van der Waals surface area contributed by atoms with Crippen molar-refractivity contribution in [1.82, 2.24) is 14.2 Å². The number of benzene rings is 2. The smallest absolute Gasteiger partial charge is 0.282 e. The summed E-state index contributed by atoms with van der Waals surface area (Å²) < 4.78 is 4.42. The Bertz CT molecular complexity index is 1360. The SMILES string of the molecule is CCCCc1ccc(-n2c(C)cc(C=Nn3c(C)nc4ccc(Br)cc4c3=O)c2C)cc1. The molecule has 2 aromatic heterocycles. The van der Waals surface area contributed by atoms with Crippen molar-refractivity contribution in [3.8, 4) is 5.69 Å². The van der Waals surface area contributed by atoms with E-state index in [1.165, 1.54) is 23.1 Å². The number of halogens is 1. The van der Waals surface area contributed by atoms with Gasteiger partial charge in [0, 0.05) is 27.1 Å². The molecular formula is C26H27BrN4O. The van der Waals surface area contributed by atoms with Crippen molar-refractivity contribution in [2.75, 3.05) is 0 Å². The molecule has 0 saturated heterocycles. The van der Waals surface area contributed by atoms with Crippen molar-refractivity contribution < 1.29 is 0 Å². The number of unbranched alkanes of at least 4 members (excludes halogenated alkanes) is 1. The highest BCUT2D eigenvalue weighted by atomic mass is 79.9. The molecule has 0 atom stereocenters. The van der Waals surface area contributed by atoms with E-state index in [1.807, 2.05) is 12.1 Å². The summed E-state index contributed by atoms with van der Waals surface area (Å²) in [5.74, 6) is 0.553. The van der Waals surface area contributed by atoms with E-state index in [1.54, 1.807) is 19.2 Å². The molecule has 2 heterocycles. The van der Waals surface area contributed by atoms with Crippen molar-refractivity contribution >= 4 is 33.0 Å². The Morgan fingerprint density at radius 3 is 2.53 bits per heavy atom. The maximum Gasteiger partial charge on any atom is 0.282 e. The molecule has 0 unspecified atom stereocenters. The second-order valence-corrected chi connectivity index (χ2v) is 9.03. The molecule has 0 fully saturated rings. The van der Waals surface area contributed by atoms with Gasteiger partial charge in [-0.25, -0.2) is 4.98 Å². The lowest BCUT2D eigenvalue weighted by molar-refractivity contribution is 0.770. The van der Waals surface area contributed by atoms with Gasteiger partial charge >= 0.3 is 0 Å².